The molecule has 0 saturated heterocycles. The molecule has 8 nitrogen and oxygen atoms in total. The minimum atomic E-state index is -0.272. The van der Waals surface area contributed by atoms with Crippen molar-refractivity contribution in [1.29, 1.82) is 0 Å². The molecule has 4 rings (SSSR count). The highest BCUT2D eigenvalue weighted by Crippen LogP contribution is 2.17. The lowest BCUT2D eigenvalue weighted by atomic mass is 10.1. The standard InChI is InChI=1S/C19H18N6O2/c1-24-17-8-7-14(9-15(17)23-19(24)27)18(26)22-16(10-25-12-20-11-21-25)13-5-3-2-4-6-13/h2-9,11-12,16H,10H2,1H3,(H,22,26)(H,23,27). The second kappa shape index (κ2) is 6.91. The summed E-state index contributed by atoms with van der Waals surface area (Å²) in [7, 11) is 1.68. The summed E-state index contributed by atoms with van der Waals surface area (Å²) in [5, 5.41) is 7.17. The summed E-state index contributed by atoms with van der Waals surface area (Å²) >= 11 is 0. The summed E-state index contributed by atoms with van der Waals surface area (Å²) in [6.45, 7) is 0.458. The number of amides is 1. The topological polar surface area (TPSA) is 97.6 Å². The van der Waals surface area contributed by atoms with E-state index in [4.69, 9.17) is 0 Å². The van der Waals surface area contributed by atoms with Gasteiger partial charge in [0.25, 0.3) is 5.91 Å². The van der Waals surface area contributed by atoms with E-state index in [0.717, 1.165) is 11.1 Å². The highest BCUT2D eigenvalue weighted by molar-refractivity contribution is 5.97. The first-order valence-electron chi connectivity index (χ1n) is 8.49. The third-order valence-corrected chi connectivity index (χ3v) is 4.51. The number of nitrogens with zero attached hydrogens (tertiary/aromatic N) is 4. The first-order chi connectivity index (χ1) is 13.1. The van der Waals surface area contributed by atoms with Crippen LogP contribution in [0.1, 0.15) is 22.0 Å². The minimum absolute atomic E-state index is 0.212. The van der Waals surface area contributed by atoms with Gasteiger partial charge in [-0.25, -0.2) is 9.78 Å². The van der Waals surface area contributed by atoms with Crippen LogP contribution < -0.4 is 11.0 Å². The Bertz CT molecular complexity index is 1130. The second-order valence-electron chi connectivity index (χ2n) is 6.28. The molecule has 4 aromatic rings. The van der Waals surface area contributed by atoms with Gasteiger partial charge in [0.2, 0.25) is 0 Å². The van der Waals surface area contributed by atoms with Crippen LogP contribution in [0.5, 0.6) is 0 Å². The van der Waals surface area contributed by atoms with Gasteiger partial charge in [0, 0.05) is 12.6 Å². The Labute approximate surface area is 154 Å². The average Bonchev–Trinajstić information content (AvgIpc) is 3.30. The van der Waals surface area contributed by atoms with E-state index in [1.807, 2.05) is 30.3 Å². The fourth-order valence-corrected chi connectivity index (χ4v) is 3.05. The number of aromatic amines is 1. The van der Waals surface area contributed by atoms with E-state index in [0.29, 0.717) is 17.6 Å². The van der Waals surface area contributed by atoms with E-state index in [9.17, 15) is 9.59 Å². The first-order valence-corrected chi connectivity index (χ1v) is 8.49. The maximum Gasteiger partial charge on any atom is 0.326 e. The number of carbonyl (C=O) groups excluding carboxylic acids is 1. The van der Waals surface area contributed by atoms with Crippen molar-refractivity contribution in [3.63, 3.8) is 0 Å². The number of hydrogen-bond donors (Lipinski definition) is 2. The van der Waals surface area contributed by atoms with E-state index in [2.05, 4.69) is 20.4 Å². The van der Waals surface area contributed by atoms with Gasteiger partial charge in [0.05, 0.1) is 23.6 Å². The van der Waals surface area contributed by atoms with Gasteiger partial charge in [-0.1, -0.05) is 30.3 Å². The van der Waals surface area contributed by atoms with Crippen molar-refractivity contribution < 1.29 is 4.79 Å². The number of aromatic nitrogens is 5. The van der Waals surface area contributed by atoms with Crippen LogP contribution in [0.25, 0.3) is 11.0 Å². The Morgan fingerprint density at radius 1 is 1.22 bits per heavy atom. The molecule has 8 heteroatoms. The highest BCUT2D eigenvalue weighted by atomic mass is 16.2. The summed E-state index contributed by atoms with van der Waals surface area (Å²) in [4.78, 5) is 31.3. The molecule has 27 heavy (non-hydrogen) atoms. The molecule has 1 unspecified atom stereocenters. The van der Waals surface area contributed by atoms with Crippen LogP contribution >= 0.6 is 0 Å². The maximum absolute atomic E-state index is 12.8. The summed E-state index contributed by atoms with van der Waals surface area (Å²) < 4.78 is 3.18. The molecular weight excluding hydrogens is 344 g/mol. The molecule has 1 atom stereocenters. The van der Waals surface area contributed by atoms with Crippen LogP contribution in [-0.4, -0.2) is 30.2 Å². The molecule has 2 aromatic carbocycles. The molecule has 0 spiro atoms. The zero-order valence-electron chi connectivity index (χ0n) is 14.7. The smallest absolute Gasteiger partial charge is 0.326 e. The molecule has 2 heterocycles. The summed E-state index contributed by atoms with van der Waals surface area (Å²) in [5.74, 6) is -0.226. The predicted molar refractivity (Wildman–Crippen MR) is 100 cm³/mol. The molecule has 0 aliphatic rings. The Morgan fingerprint density at radius 3 is 2.78 bits per heavy atom. The number of hydrogen-bond acceptors (Lipinski definition) is 4. The first kappa shape index (κ1) is 16.8. The van der Waals surface area contributed by atoms with Crippen LogP contribution in [0.2, 0.25) is 0 Å². The van der Waals surface area contributed by atoms with E-state index in [-0.39, 0.29) is 17.6 Å². The van der Waals surface area contributed by atoms with Crippen molar-refractivity contribution in [2.45, 2.75) is 12.6 Å². The second-order valence-corrected chi connectivity index (χ2v) is 6.28. The summed E-state index contributed by atoms with van der Waals surface area (Å²) in [6, 6.07) is 14.6. The molecule has 2 N–H and O–H groups in total. The summed E-state index contributed by atoms with van der Waals surface area (Å²) in [5.41, 5.74) is 2.61. The fraction of sp³-hybridized carbons (Fsp3) is 0.158. The lowest BCUT2D eigenvalue weighted by molar-refractivity contribution is 0.0932. The third kappa shape index (κ3) is 3.37. The molecule has 0 radical (unpaired) electrons. The van der Waals surface area contributed by atoms with Crippen LogP contribution in [-0.2, 0) is 13.6 Å². The van der Waals surface area contributed by atoms with Gasteiger partial charge in [-0.05, 0) is 23.8 Å². The molecule has 0 fully saturated rings. The third-order valence-electron chi connectivity index (χ3n) is 4.51. The molecule has 0 aliphatic carbocycles. The number of rotatable bonds is 5. The van der Waals surface area contributed by atoms with Gasteiger partial charge in [-0.15, -0.1) is 0 Å². The van der Waals surface area contributed by atoms with Gasteiger partial charge < -0.3 is 10.3 Å². The number of imidazole rings is 1. The van der Waals surface area contributed by atoms with Crippen molar-refractivity contribution >= 4 is 16.9 Å². The average molecular weight is 362 g/mol. The predicted octanol–water partition coefficient (Wildman–Crippen LogP) is 1.63. The number of carbonyl (C=O) groups is 1. The number of aryl methyl sites for hydroxylation is 1. The van der Waals surface area contributed by atoms with Crippen LogP contribution in [0.15, 0.2) is 66.0 Å². The molecule has 136 valence electrons. The van der Waals surface area contributed by atoms with Crippen molar-refractivity contribution in [3.05, 3.63) is 82.8 Å². The van der Waals surface area contributed by atoms with Crippen molar-refractivity contribution in [3.8, 4) is 0 Å². The number of nitrogens with one attached hydrogen (secondary N) is 2. The Balaban J connectivity index is 1.62. The SMILES string of the molecule is Cn1c(=O)[nH]c2cc(C(=O)NC(Cn3cncn3)c3ccccc3)ccc21. The van der Waals surface area contributed by atoms with E-state index >= 15 is 0 Å². The zero-order chi connectivity index (χ0) is 18.8. The Kier molecular flexibility index (Phi) is 4.29. The van der Waals surface area contributed by atoms with E-state index in [1.54, 1.807) is 36.3 Å². The Morgan fingerprint density at radius 2 is 2.04 bits per heavy atom. The molecule has 0 bridgehead atoms. The number of benzene rings is 2. The minimum Gasteiger partial charge on any atom is -0.343 e. The quantitative estimate of drug-likeness (QED) is 0.564. The largest absolute Gasteiger partial charge is 0.343 e. The monoisotopic (exact) mass is 362 g/mol. The molecular formula is C19H18N6O2. The van der Waals surface area contributed by atoms with Crippen molar-refractivity contribution in [2.75, 3.05) is 0 Å². The van der Waals surface area contributed by atoms with Crippen molar-refractivity contribution in [1.82, 2.24) is 29.6 Å². The van der Waals surface area contributed by atoms with Gasteiger partial charge in [0.15, 0.2) is 0 Å². The molecule has 0 aliphatic heterocycles. The number of H-pyrrole nitrogens is 1. The van der Waals surface area contributed by atoms with Gasteiger partial charge >= 0.3 is 5.69 Å². The van der Waals surface area contributed by atoms with Crippen LogP contribution in [0.4, 0.5) is 0 Å². The zero-order valence-corrected chi connectivity index (χ0v) is 14.7. The van der Waals surface area contributed by atoms with E-state index < -0.39 is 0 Å². The molecule has 2 aromatic heterocycles. The van der Waals surface area contributed by atoms with Gasteiger partial charge in [0.1, 0.15) is 12.7 Å². The van der Waals surface area contributed by atoms with Gasteiger partial charge in [-0.2, -0.15) is 5.10 Å². The van der Waals surface area contributed by atoms with Crippen LogP contribution in [0.3, 0.4) is 0 Å². The highest BCUT2D eigenvalue weighted by Gasteiger charge is 2.17. The van der Waals surface area contributed by atoms with Crippen LogP contribution in [0, 0.1) is 0 Å². The lowest BCUT2D eigenvalue weighted by Crippen LogP contribution is -2.31. The fourth-order valence-electron chi connectivity index (χ4n) is 3.05. The maximum atomic E-state index is 12.8. The Hall–Kier alpha value is -3.68. The van der Waals surface area contributed by atoms with Crippen molar-refractivity contribution in [2.24, 2.45) is 7.05 Å². The lowest BCUT2D eigenvalue weighted by Gasteiger charge is -2.19. The number of fused-ring (bicyclic) bond motifs is 1. The summed E-state index contributed by atoms with van der Waals surface area (Å²) in [6.07, 6.45) is 3.08. The van der Waals surface area contributed by atoms with E-state index in [1.165, 1.54) is 10.9 Å². The van der Waals surface area contributed by atoms with Gasteiger partial charge in [-0.3, -0.25) is 14.0 Å². The normalized spacial score (nSPS) is 12.2. The molecule has 1 amide bonds. The molecule has 0 saturated carbocycles.